The number of amides is 2. The summed E-state index contributed by atoms with van der Waals surface area (Å²) < 4.78 is 0. The van der Waals surface area contributed by atoms with Crippen LogP contribution in [0.15, 0.2) is 6.20 Å². The van der Waals surface area contributed by atoms with Gasteiger partial charge in [0.2, 0.25) is 5.91 Å². The molecule has 90 valence electrons. The number of hydrogen-bond donors (Lipinski definition) is 2. The first-order chi connectivity index (χ1) is 7.99. The first-order valence-electron chi connectivity index (χ1n) is 4.75. The Morgan fingerprint density at radius 3 is 2.82 bits per heavy atom. The highest BCUT2D eigenvalue weighted by atomic mass is 32.1. The number of aromatic carboxylic acids is 1. The summed E-state index contributed by atoms with van der Waals surface area (Å²) in [5.74, 6) is -1.66. The number of carboxylic acids is 1. The Morgan fingerprint density at radius 2 is 2.35 bits per heavy atom. The molecule has 1 unspecified atom stereocenters. The molecule has 1 aromatic heterocycles. The van der Waals surface area contributed by atoms with Crippen molar-refractivity contribution in [3.8, 4) is 0 Å². The molecule has 0 bridgehead atoms. The minimum absolute atomic E-state index is 0.0668. The number of hydrogen-bond acceptors (Lipinski definition) is 6. The molecule has 17 heavy (non-hydrogen) atoms. The highest BCUT2D eigenvalue weighted by molar-refractivity contribution is 7.17. The molecule has 2 heterocycles. The largest absolute Gasteiger partial charge is 0.477 e. The van der Waals surface area contributed by atoms with Crippen LogP contribution in [0.5, 0.6) is 0 Å². The Labute approximate surface area is 100 Å². The summed E-state index contributed by atoms with van der Waals surface area (Å²) in [6.45, 7) is 0. The fraction of sp³-hybridized carbons (Fsp3) is 0.333. The van der Waals surface area contributed by atoms with Crippen LogP contribution in [0.25, 0.3) is 0 Å². The normalized spacial score (nSPS) is 19.8. The average Bonchev–Trinajstić information content (AvgIpc) is 2.82. The monoisotopic (exact) mass is 255 g/mol. The predicted octanol–water partition coefficient (Wildman–Crippen LogP) is 0.0105. The highest BCUT2D eigenvalue weighted by Crippen LogP contribution is 2.22. The molecule has 1 saturated heterocycles. The third-order valence-electron chi connectivity index (χ3n) is 2.40. The van der Waals surface area contributed by atoms with Crippen LogP contribution in [0.3, 0.4) is 0 Å². The van der Waals surface area contributed by atoms with Crippen LogP contribution in [0.2, 0.25) is 0 Å². The maximum Gasteiger partial charge on any atom is 0.347 e. The van der Waals surface area contributed by atoms with Crippen LogP contribution in [-0.4, -0.2) is 45.9 Å². The van der Waals surface area contributed by atoms with Crippen LogP contribution in [-0.2, 0) is 9.59 Å². The van der Waals surface area contributed by atoms with Gasteiger partial charge in [0.05, 0.1) is 12.6 Å². The number of likely N-dealkylation sites (tertiary alicyclic amines) is 1. The van der Waals surface area contributed by atoms with Crippen molar-refractivity contribution in [2.24, 2.45) is 0 Å². The standard InChI is InChI=1S/C9H9N3O4S/c1-12-6(13)2-4(7(12)14)11-9-10-3-5(17-9)8(15)16/h3-4H,2H2,1H3,(H,10,11)(H,15,16). The smallest absolute Gasteiger partial charge is 0.347 e. The van der Waals surface area contributed by atoms with Crippen LogP contribution >= 0.6 is 11.3 Å². The van der Waals surface area contributed by atoms with Gasteiger partial charge in [-0.05, 0) is 0 Å². The van der Waals surface area contributed by atoms with Crippen molar-refractivity contribution in [1.82, 2.24) is 9.88 Å². The summed E-state index contributed by atoms with van der Waals surface area (Å²) in [4.78, 5) is 38.4. The van der Waals surface area contributed by atoms with Crippen LogP contribution in [0.4, 0.5) is 5.13 Å². The van der Waals surface area contributed by atoms with E-state index in [-0.39, 0.29) is 23.1 Å². The molecule has 1 aliphatic heterocycles. The maximum atomic E-state index is 11.6. The molecule has 7 nitrogen and oxygen atoms in total. The van der Waals surface area contributed by atoms with Crippen molar-refractivity contribution < 1.29 is 19.5 Å². The number of anilines is 1. The summed E-state index contributed by atoms with van der Waals surface area (Å²) >= 11 is 0.929. The molecule has 2 rings (SSSR count). The second kappa shape index (κ2) is 4.13. The molecule has 0 spiro atoms. The number of imide groups is 1. The van der Waals surface area contributed by atoms with Gasteiger partial charge in [0.15, 0.2) is 5.13 Å². The lowest BCUT2D eigenvalue weighted by atomic mass is 10.2. The second-order valence-corrected chi connectivity index (χ2v) is 4.56. The van der Waals surface area contributed by atoms with Gasteiger partial charge in [-0.1, -0.05) is 11.3 Å². The maximum absolute atomic E-state index is 11.6. The summed E-state index contributed by atoms with van der Waals surface area (Å²) in [5, 5.41) is 11.8. The van der Waals surface area contributed by atoms with Gasteiger partial charge in [0.25, 0.3) is 5.91 Å². The Morgan fingerprint density at radius 1 is 1.65 bits per heavy atom. The third kappa shape index (κ3) is 2.11. The van der Waals surface area contributed by atoms with E-state index in [0.29, 0.717) is 5.13 Å². The van der Waals surface area contributed by atoms with E-state index in [9.17, 15) is 14.4 Å². The molecule has 2 N–H and O–H groups in total. The van der Waals surface area contributed by atoms with Gasteiger partial charge < -0.3 is 10.4 Å². The Bertz CT molecular complexity index is 498. The zero-order valence-corrected chi connectivity index (χ0v) is 9.65. The molecule has 0 saturated carbocycles. The van der Waals surface area contributed by atoms with E-state index < -0.39 is 12.0 Å². The van der Waals surface area contributed by atoms with E-state index in [1.165, 1.54) is 13.2 Å². The van der Waals surface area contributed by atoms with E-state index in [4.69, 9.17) is 5.11 Å². The number of rotatable bonds is 3. The molecule has 1 atom stereocenters. The number of carbonyl (C=O) groups is 3. The second-order valence-electron chi connectivity index (χ2n) is 3.53. The lowest BCUT2D eigenvalue weighted by Gasteiger charge is -2.09. The fourth-order valence-corrected chi connectivity index (χ4v) is 2.16. The molecule has 1 aromatic rings. The van der Waals surface area contributed by atoms with Gasteiger partial charge >= 0.3 is 5.97 Å². The molecule has 0 radical (unpaired) electrons. The number of nitrogens with one attached hydrogen (secondary N) is 1. The highest BCUT2D eigenvalue weighted by Gasteiger charge is 2.36. The van der Waals surface area contributed by atoms with Gasteiger partial charge in [0, 0.05) is 7.05 Å². The quantitative estimate of drug-likeness (QED) is 0.738. The van der Waals surface area contributed by atoms with Crippen molar-refractivity contribution in [3.63, 3.8) is 0 Å². The van der Waals surface area contributed by atoms with E-state index >= 15 is 0 Å². The predicted molar refractivity (Wildman–Crippen MR) is 58.9 cm³/mol. The third-order valence-corrected chi connectivity index (χ3v) is 3.31. The molecular formula is C9H9N3O4S. The van der Waals surface area contributed by atoms with E-state index in [1.54, 1.807) is 0 Å². The molecule has 0 aromatic carbocycles. The van der Waals surface area contributed by atoms with Gasteiger partial charge in [-0.2, -0.15) is 0 Å². The van der Waals surface area contributed by atoms with Gasteiger partial charge in [0.1, 0.15) is 10.9 Å². The first-order valence-corrected chi connectivity index (χ1v) is 5.56. The SMILES string of the molecule is CN1C(=O)CC(Nc2ncc(C(=O)O)s2)C1=O. The number of carbonyl (C=O) groups excluding carboxylic acids is 2. The molecule has 1 fully saturated rings. The zero-order valence-electron chi connectivity index (χ0n) is 8.84. The van der Waals surface area contributed by atoms with Crippen molar-refractivity contribution in [2.45, 2.75) is 12.5 Å². The summed E-state index contributed by atoms with van der Waals surface area (Å²) in [6, 6.07) is -0.653. The molecule has 1 aliphatic rings. The number of carboxylic acid groups (broad SMARTS) is 1. The average molecular weight is 255 g/mol. The lowest BCUT2D eigenvalue weighted by molar-refractivity contribution is -0.136. The van der Waals surface area contributed by atoms with Crippen molar-refractivity contribution >= 4 is 34.3 Å². The molecular weight excluding hydrogens is 246 g/mol. The van der Waals surface area contributed by atoms with Gasteiger partial charge in [-0.15, -0.1) is 0 Å². The van der Waals surface area contributed by atoms with E-state index in [2.05, 4.69) is 10.3 Å². The van der Waals surface area contributed by atoms with Crippen LogP contribution in [0.1, 0.15) is 16.1 Å². The van der Waals surface area contributed by atoms with E-state index in [1.807, 2.05) is 0 Å². The summed E-state index contributed by atoms with van der Waals surface area (Å²) in [6.07, 6.45) is 1.28. The first kappa shape index (κ1) is 11.5. The summed E-state index contributed by atoms with van der Waals surface area (Å²) in [5.41, 5.74) is 0. The number of likely N-dealkylation sites (N-methyl/N-ethyl adjacent to an activating group) is 1. The minimum atomic E-state index is -1.07. The minimum Gasteiger partial charge on any atom is -0.477 e. The van der Waals surface area contributed by atoms with Gasteiger partial charge in [-0.3, -0.25) is 14.5 Å². The fourth-order valence-electron chi connectivity index (χ4n) is 1.46. The molecule has 8 heteroatoms. The van der Waals surface area contributed by atoms with Crippen LogP contribution in [0, 0.1) is 0 Å². The Kier molecular flexibility index (Phi) is 2.80. The summed E-state index contributed by atoms with van der Waals surface area (Å²) in [7, 11) is 1.41. The van der Waals surface area contributed by atoms with Crippen molar-refractivity contribution in [1.29, 1.82) is 0 Å². The van der Waals surface area contributed by atoms with E-state index in [0.717, 1.165) is 16.2 Å². The van der Waals surface area contributed by atoms with Gasteiger partial charge in [-0.25, -0.2) is 9.78 Å². The van der Waals surface area contributed by atoms with Crippen molar-refractivity contribution in [2.75, 3.05) is 12.4 Å². The number of thiazole rings is 1. The zero-order chi connectivity index (χ0) is 12.6. The Balaban J connectivity index is 2.09. The Hall–Kier alpha value is -1.96. The number of aromatic nitrogens is 1. The van der Waals surface area contributed by atoms with Crippen molar-refractivity contribution in [3.05, 3.63) is 11.1 Å². The lowest BCUT2D eigenvalue weighted by Crippen LogP contribution is -2.31. The topological polar surface area (TPSA) is 99.6 Å². The molecule has 0 aliphatic carbocycles. The number of nitrogens with zero attached hydrogens (tertiary/aromatic N) is 2. The van der Waals surface area contributed by atoms with Crippen LogP contribution < -0.4 is 5.32 Å². The molecule has 2 amide bonds.